The summed E-state index contributed by atoms with van der Waals surface area (Å²) < 4.78 is 0. The van der Waals surface area contributed by atoms with Gasteiger partial charge >= 0.3 is 0 Å². The number of fused-ring (bicyclic) bond motifs is 7. The average Bonchev–Trinajstić information content (AvgIpc) is 3.46. The summed E-state index contributed by atoms with van der Waals surface area (Å²) in [5, 5.41) is 10.3. The zero-order chi connectivity index (χ0) is 36.7. The Morgan fingerprint density at radius 1 is 0.273 bits per heavy atom. The number of hydrogen-bond donors (Lipinski definition) is 0. The highest BCUT2D eigenvalue weighted by Gasteiger charge is 2.34. The van der Waals surface area contributed by atoms with Gasteiger partial charge in [-0.15, -0.1) is 0 Å². The Kier molecular flexibility index (Phi) is 7.18. The van der Waals surface area contributed by atoms with Crippen molar-refractivity contribution >= 4 is 53.1 Å². The van der Waals surface area contributed by atoms with E-state index in [2.05, 4.69) is 207 Å². The fraction of sp³-hybridized carbons (Fsp3) is 0.0370. The van der Waals surface area contributed by atoms with Crippen LogP contribution < -0.4 is 0 Å². The van der Waals surface area contributed by atoms with Gasteiger partial charge < -0.3 is 0 Å². The molecule has 1 aliphatic heterocycles. The summed E-state index contributed by atoms with van der Waals surface area (Å²) in [6.45, 7) is 0. The van der Waals surface area contributed by atoms with Gasteiger partial charge in [0.2, 0.25) is 0 Å². The molecular weight excluding hydrogens is 681 g/mol. The Balaban J connectivity index is 1.22. The van der Waals surface area contributed by atoms with Crippen LogP contribution >= 0.6 is 10.0 Å². The highest BCUT2D eigenvalue weighted by Crippen LogP contribution is 2.69. The van der Waals surface area contributed by atoms with Gasteiger partial charge in [-0.3, -0.25) is 0 Å². The van der Waals surface area contributed by atoms with Crippen LogP contribution in [0.15, 0.2) is 204 Å². The molecule has 0 saturated carbocycles. The Morgan fingerprint density at radius 2 is 0.745 bits per heavy atom. The molecule has 11 rings (SSSR count). The maximum Gasteiger partial charge on any atom is 0.00220 e. The van der Waals surface area contributed by atoms with E-state index in [4.69, 9.17) is 0 Å². The largest absolute Gasteiger partial charge is 0.192 e. The third-order valence-electron chi connectivity index (χ3n) is 11.9. The summed E-state index contributed by atoms with van der Waals surface area (Å²) in [5.41, 5.74) is 12.9. The van der Waals surface area contributed by atoms with Gasteiger partial charge in [0.15, 0.2) is 0 Å². The summed E-state index contributed by atoms with van der Waals surface area (Å²) in [4.78, 5) is 2.93. The predicted octanol–water partition coefficient (Wildman–Crippen LogP) is 15.4. The zero-order valence-corrected chi connectivity index (χ0v) is 31.7. The highest BCUT2D eigenvalue weighted by molar-refractivity contribution is 8.33. The Labute approximate surface area is 323 Å². The first-order chi connectivity index (χ1) is 27.0. The van der Waals surface area contributed by atoms with Crippen LogP contribution in [0.3, 0.4) is 0 Å². The van der Waals surface area contributed by atoms with Gasteiger partial charge in [-0.05, 0) is 136 Å². The SMILES string of the molecule is CS1(C)c2cc(-c3cccc4ccccc34)ccc2-c2cc3c(-c4ccccc4)c4ccc(-c5cccc6ccccc56)cc4c(-c4ccccc4)c3cc21. The van der Waals surface area contributed by atoms with Crippen LogP contribution in [0.25, 0.3) is 98.7 Å². The monoisotopic (exact) mass is 718 g/mol. The maximum atomic E-state index is 2.58. The summed E-state index contributed by atoms with van der Waals surface area (Å²) >= 11 is 0. The number of hydrogen-bond acceptors (Lipinski definition) is 0. The van der Waals surface area contributed by atoms with Crippen molar-refractivity contribution in [1.82, 2.24) is 0 Å². The topological polar surface area (TPSA) is 0 Å². The molecule has 0 saturated heterocycles. The van der Waals surface area contributed by atoms with E-state index in [1.807, 2.05) is 0 Å². The second-order valence-corrected chi connectivity index (χ2v) is 18.8. The fourth-order valence-corrected chi connectivity index (χ4v) is 11.8. The lowest BCUT2D eigenvalue weighted by Gasteiger charge is -2.29. The summed E-state index contributed by atoms with van der Waals surface area (Å²) in [6.07, 6.45) is 4.99. The minimum Gasteiger partial charge on any atom is -0.192 e. The maximum absolute atomic E-state index is 2.58. The second-order valence-electron chi connectivity index (χ2n) is 15.2. The van der Waals surface area contributed by atoms with E-state index in [-0.39, 0.29) is 0 Å². The summed E-state index contributed by atoms with van der Waals surface area (Å²) in [7, 11) is -1.35. The molecule has 0 spiro atoms. The first kappa shape index (κ1) is 32.1. The Bertz CT molecular complexity index is 3140. The molecule has 0 atom stereocenters. The van der Waals surface area contributed by atoms with E-state index in [0.29, 0.717) is 0 Å². The van der Waals surface area contributed by atoms with E-state index in [1.54, 1.807) is 0 Å². The molecule has 1 aliphatic rings. The van der Waals surface area contributed by atoms with Crippen LogP contribution in [0.4, 0.5) is 0 Å². The van der Waals surface area contributed by atoms with Crippen molar-refractivity contribution in [2.24, 2.45) is 0 Å². The van der Waals surface area contributed by atoms with E-state index < -0.39 is 10.0 Å². The molecule has 55 heavy (non-hydrogen) atoms. The molecular formula is C54H38S. The van der Waals surface area contributed by atoms with E-state index >= 15 is 0 Å². The molecule has 0 nitrogen and oxygen atoms in total. The molecule has 0 aliphatic carbocycles. The van der Waals surface area contributed by atoms with Crippen molar-refractivity contribution < 1.29 is 0 Å². The van der Waals surface area contributed by atoms with Crippen molar-refractivity contribution in [3.63, 3.8) is 0 Å². The fourth-order valence-electron chi connectivity index (χ4n) is 9.29. The Morgan fingerprint density at radius 3 is 1.38 bits per heavy atom. The molecule has 1 heterocycles. The molecule has 10 aromatic carbocycles. The summed E-state index contributed by atoms with van der Waals surface area (Å²) in [6, 6.07) is 72.5. The second kappa shape index (κ2) is 12.3. The molecule has 0 aromatic heterocycles. The Hall–Kier alpha value is -6.41. The highest BCUT2D eigenvalue weighted by atomic mass is 32.3. The van der Waals surface area contributed by atoms with Gasteiger partial charge in [0.1, 0.15) is 0 Å². The van der Waals surface area contributed by atoms with Gasteiger partial charge in [-0.1, -0.05) is 170 Å². The molecule has 10 aromatic rings. The van der Waals surface area contributed by atoms with Crippen LogP contribution in [-0.4, -0.2) is 12.5 Å². The number of benzene rings is 10. The van der Waals surface area contributed by atoms with Gasteiger partial charge in [0, 0.05) is 9.79 Å². The molecule has 1 heteroatoms. The molecule has 0 fully saturated rings. The van der Waals surface area contributed by atoms with E-state index in [0.717, 1.165) is 0 Å². The van der Waals surface area contributed by atoms with Crippen molar-refractivity contribution in [2.45, 2.75) is 9.79 Å². The molecule has 0 unspecified atom stereocenters. The van der Waals surface area contributed by atoms with Gasteiger partial charge in [0.25, 0.3) is 0 Å². The van der Waals surface area contributed by atoms with Crippen molar-refractivity contribution in [3.8, 4) is 55.6 Å². The van der Waals surface area contributed by atoms with E-state index in [1.165, 1.54) is 109 Å². The standard InChI is InChI=1S/C54H38S/c1-55(2)51-32-40(44-26-14-22-36-16-10-12-24-42(36)44)27-29-45(51)47-33-49-50(34-52(47)55)54(38-19-7-4-8-20-38)48-31-39(43-25-13-21-35-15-9-11-23-41(35)43)28-30-46(48)53(49)37-17-5-3-6-18-37/h3-34H,1-2H3. The third-order valence-corrected chi connectivity index (χ3v) is 14.8. The lowest BCUT2D eigenvalue weighted by atomic mass is 9.83. The van der Waals surface area contributed by atoms with Crippen LogP contribution in [0.5, 0.6) is 0 Å². The van der Waals surface area contributed by atoms with Crippen molar-refractivity contribution in [3.05, 3.63) is 194 Å². The molecule has 0 bridgehead atoms. The van der Waals surface area contributed by atoms with Gasteiger partial charge in [0.05, 0.1) is 0 Å². The van der Waals surface area contributed by atoms with E-state index in [9.17, 15) is 0 Å². The minimum atomic E-state index is -1.35. The average molecular weight is 719 g/mol. The number of rotatable bonds is 4. The first-order valence-corrected chi connectivity index (χ1v) is 21.5. The molecule has 0 amide bonds. The first-order valence-electron chi connectivity index (χ1n) is 19.1. The third kappa shape index (κ3) is 4.93. The molecule has 260 valence electrons. The quantitative estimate of drug-likeness (QED) is 0.159. The van der Waals surface area contributed by atoms with Crippen LogP contribution in [0.2, 0.25) is 0 Å². The lowest BCUT2D eigenvalue weighted by molar-refractivity contribution is 1.46. The predicted molar refractivity (Wildman–Crippen MR) is 240 cm³/mol. The van der Waals surface area contributed by atoms with Gasteiger partial charge in [-0.25, -0.2) is 0 Å². The zero-order valence-electron chi connectivity index (χ0n) is 30.9. The lowest BCUT2D eigenvalue weighted by Crippen LogP contribution is -1.96. The van der Waals surface area contributed by atoms with Crippen molar-refractivity contribution in [1.29, 1.82) is 0 Å². The summed E-state index contributed by atoms with van der Waals surface area (Å²) in [5.74, 6) is 0. The molecule has 0 radical (unpaired) electrons. The normalized spacial score (nSPS) is 13.6. The molecule has 0 N–H and O–H groups in total. The van der Waals surface area contributed by atoms with Crippen LogP contribution in [-0.2, 0) is 0 Å². The minimum absolute atomic E-state index is 1.24. The van der Waals surface area contributed by atoms with Crippen LogP contribution in [0.1, 0.15) is 0 Å². The van der Waals surface area contributed by atoms with Gasteiger partial charge in [-0.2, -0.15) is 10.0 Å². The smallest absolute Gasteiger partial charge is 0.00220 e. The van der Waals surface area contributed by atoms with Crippen molar-refractivity contribution in [2.75, 3.05) is 12.5 Å². The van der Waals surface area contributed by atoms with Crippen LogP contribution in [0, 0.1) is 0 Å².